The van der Waals surface area contributed by atoms with Gasteiger partial charge in [-0.2, -0.15) is 0 Å². The van der Waals surface area contributed by atoms with E-state index in [1.54, 1.807) is 19.1 Å². The van der Waals surface area contributed by atoms with Gasteiger partial charge in [0.1, 0.15) is 0 Å². The molecule has 1 saturated carbocycles. The molecule has 0 spiro atoms. The van der Waals surface area contributed by atoms with E-state index in [0.29, 0.717) is 12.1 Å². The van der Waals surface area contributed by atoms with Crippen LogP contribution in [-0.4, -0.2) is 50.8 Å². The molecule has 1 aliphatic carbocycles. The predicted octanol–water partition coefficient (Wildman–Crippen LogP) is 1.49. The number of rotatable bonds is 7. The lowest BCUT2D eigenvalue weighted by Gasteiger charge is -2.23. The Morgan fingerprint density at radius 1 is 1.18 bits per heavy atom. The molecule has 0 radical (unpaired) electrons. The zero-order chi connectivity index (χ0) is 20.3. The van der Waals surface area contributed by atoms with E-state index in [9.17, 15) is 18.0 Å². The molecule has 1 unspecified atom stereocenters. The van der Waals surface area contributed by atoms with Crippen LogP contribution in [0.15, 0.2) is 23.1 Å². The Kier molecular flexibility index (Phi) is 6.40. The molecular formula is C20H29N3O4S. The second-order valence-corrected chi connectivity index (χ2v) is 9.58. The molecular weight excluding hydrogens is 378 g/mol. The van der Waals surface area contributed by atoms with Crippen molar-refractivity contribution >= 4 is 21.8 Å². The Balaban J connectivity index is 1.46. The molecule has 2 fully saturated rings. The van der Waals surface area contributed by atoms with Crippen LogP contribution in [0.2, 0.25) is 0 Å². The van der Waals surface area contributed by atoms with Crippen LogP contribution >= 0.6 is 0 Å². The molecule has 2 amide bonds. The smallest absolute Gasteiger partial charge is 0.240 e. The minimum atomic E-state index is -3.62. The van der Waals surface area contributed by atoms with Gasteiger partial charge in [0, 0.05) is 32.1 Å². The first-order valence-electron chi connectivity index (χ1n) is 9.92. The molecule has 1 aromatic rings. The number of carbonyl (C=O) groups is 2. The maximum Gasteiger partial charge on any atom is 0.240 e. The number of aryl methyl sites for hydroxylation is 2. The lowest BCUT2D eigenvalue weighted by molar-refractivity contribution is -0.130. The highest BCUT2D eigenvalue weighted by molar-refractivity contribution is 7.89. The number of amides is 2. The van der Waals surface area contributed by atoms with Crippen molar-refractivity contribution in [2.45, 2.75) is 56.9 Å². The summed E-state index contributed by atoms with van der Waals surface area (Å²) in [6.45, 7) is 4.37. The molecule has 1 heterocycles. The van der Waals surface area contributed by atoms with Gasteiger partial charge in [-0.3, -0.25) is 9.59 Å². The minimum absolute atomic E-state index is 0.0580. The van der Waals surface area contributed by atoms with Gasteiger partial charge < -0.3 is 10.2 Å². The molecule has 7 nitrogen and oxygen atoms in total. The number of benzene rings is 1. The average Bonchev–Trinajstić information content (AvgIpc) is 3.30. The maximum atomic E-state index is 12.5. The van der Waals surface area contributed by atoms with Gasteiger partial charge in [-0.15, -0.1) is 0 Å². The third kappa shape index (κ3) is 4.72. The zero-order valence-corrected chi connectivity index (χ0v) is 17.3. The van der Waals surface area contributed by atoms with Crippen molar-refractivity contribution in [3.63, 3.8) is 0 Å². The van der Waals surface area contributed by atoms with E-state index in [-0.39, 0.29) is 48.2 Å². The van der Waals surface area contributed by atoms with Gasteiger partial charge in [0.05, 0.1) is 10.8 Å². The van der Waals surface area contributed by atoms with E-state index < -0.39 is 10.0 Å². The van der Waals surface area contributed by atoms with E-state index in [1.807, 2.05) is 17.9 Å². The Morgan fingerprint density at radius 3 is 2.61 bits per heavy atom. The Hall–Kier alpha value is -1.93. The highest BCUT2D eigenvalue weighted by Gasteiger charge is 2.38. The molecule has 2 N–H and O–H groups in total. The lowest BCUT2D eigenvalue weighted by atomic mass is 10.1. The van der Waals surface area contributed by atoms with Crippen LogP contribution in [0, 0.1) is 19.8 Å². The molecule has 154 valence electrons. The van der Waals surface area contributed by atoms with Gasteiger partial charge >= 0.3 is 0 Å². The van der Waals surface area contributed by atoms with E-state index >= 15 is 0 Å². The largest absolute Gasteiger partial charge is 0.354 e. The summed E-state index contributed by atoms with van der Waals surface area (Å²) >= 11 is 0. The molecule has 1 atom stereocenters. The van der Waals surface area contributed by atoms with Gasteiger partial charge in [0.15, 0.2) is 0 Å². The summed E-state index contributed by atoms with van der Waals surface area (Å²) in [6, 6.07) is 5.57. The molecule has 28 heavy (non-hydrogen) atoms. The van der Waals surface area contributed by atoms with Gasteiger partial charge in [-0.05, 0) is 43.9 Å². The summed E-state index contributed by atoms with van der Waals surface area (Å²) in [5.41, 5.74) is 1.55. The molecule has 8 heteroatoms. The van der Waals surface area contributed by atoms with E-state index in [0.717, 1.165) is 31.2 Å². The highest BCUT2D eigenvalue weighted by Crippen LogP contribution is 2.29. The number of likely N-dealkylation sites (tertiary alicyclic amines) is 1. The molecule has 1 saturated heterocycles. The van der Waals surface area contributed by atoms with Gasteiger partial charge in [-0.25, -0.2) is 13.1 Å². The van der Waals surface area contributed by atoms with Crippen molar-refractivity contribution in [2.24, 2.45) is 5.92 Å². The second-order valence-electron chi connectivity index (χ2n) is 7.84. The van der Waals surface area contributed by atoms with Crippen LogP contribution in [0.3, 0.4) is 0 Å². The van der Waals surface area contributed by atoms with Crippen molar-refractivity contribution in [1.29, 1.82) is 0 Å². The normalized spacial score (nSPS) is 20.7. The third-order valence-corrected chi connectivity index (χ3v) is 7.25. The number of sulfonamides is 1. The van der Waals surface area contributed by atoms with E-state index in [1.165, 1.54) is 0 Å². The minimum Gasteiger partial charge on any atom is -0.354 e. The summed E-state index contributed by atoms with van der Waals surface area (Å²) in [4.78, 5) is 26.7. The topological polar surface area (TPSA) is 95.6 Å². The van der Waals surface area contributed by atoms with E-state index in [4.69, 9.17) is 0 Å². The monoisotopic (exact) mass is 407 g/mol. The quantitative estimate of drug-likeness (QED) is 0.670. The van der Waals surface area contributed by atoms with Gasteiger partial charge in [0.25, 0.3) is 0 Å². The van der Waals surface area contributed by atoms with E-state index in [2.05, 4.69) is 10.0 Å². The van der Waals surface area contributed by atoms with Crippen molar-refractivity contribution in [3.05, 3.63) is 29.3 Å². The number of hydrogen-bond acceptors (Lipinski definition) is 4. The highest BCUT2D eigenvalue weighted by atomic mass is 32.2. The van der Waals surface area contributed by atoms with Crippen LogP contribution in [-0.2, 0) is 19.6 Å². The zero-order valence-electron chi connectivity index (χ0n) is 16.5. The van der Waals surface area contributed by atoms with Crippen molar-refractivity contribution in [3.8, 4) is 0 Å². The number of nitrogens with zero attached hydrogens (tertiary/aromatic N) is 1. The summed E-state index contributed by atoms with van der Waals surface area (Å²) < 4.78 is 27.5. The van der Waals surface area contributed by atoms with Gasteiger partial charge in [0.2, 0.25) is 21.8 Å². The molecule has 0 aromatic heterocycles. The first kappa shape index (κ1) is 20.8. The number of nitrogens with one attached hydrogen (secondary N) is 2. The average molecular weight is 408 g/mol. The third-order valence-electron chi connectivity index (χ3n) is 5.64. The molecule has 3 rings (SSSR count). The fraction of sp³-hybridized carbons (Fsp3) is 0.600. The summed E-state index contributed by atoms with van der Waals surface area (Å²) in [5, 5.41) is 2.76. The summed E-state index contributed by atoms with van der Waals surface area (Å²) in [6.07, 6.45) is 4.59. The Morgan fingerprint density at radius 2 is 1.89 bits per heavy atom. The summed E-state index contributed by atoms with van der Waals surface area (Å²) in [5.74, 6) is -0.466. The molecule has 1 aromatic carbocycles. The predicted molar refractivity (Wildman–Crippen MR) is 106 cm³/mol. The fourth-order valence-corrected chi connectivity index (χ4v) is 5.43. The Labute approximate surface area is 166 Å². The van der Waals surface area contributed by atoms with Crippen molar-refractivity contribution < 1.29 is 18.0 Å². The van der Waals surface area contributed by atoms with Crippen LogP contribution in [0.1, 0.15) is 43.2 Å². The van der Waals surface area contributed by atoms with Crippen molar-refractivity contribution in [1.82, 2.24) is 14.9 Å². The van der Waals surface area contributed by atoms with Crippen LogP contribution in [0.5, 0.6) is 0 Å². The SMILES string of the molecule is Cc1ccc(C)c(S(=O)(=O)NCCNC(=O)C2CC(=O)N(C3CCCC3)C2)c1. The maximum absolute atomic E-state index is 12.5. The van der Waals surface area contributed by atoms with Crippen molar-refractivity contribution in [2.75, 3.05) is 19.6 Å². The standard InChI is InChI=1S/C20H29N3O4S/c1-14-7-8-15(2)18(11-14)28(26,27)22-10-9-21-20(25)16-12-19(24)23(13-16)17-5-3-4-6-17/h7-8,11,16-17,22H,3-6,9-10,12-13H2,1-2H3,(H,21,25). The first-order valence-corrected chi connectivity index (χ1v) is 11.4. The number of hydrogen-bond donors (Lipinski definition) is 2. The lowest BCUT2D eigenvalue weighted by Crippen LogP contribution is -2.39. The second kappa shape index (κ2) is 8.61. The summed E-state index contributed by atoms with van der Waals surface area (Å²) in [7, 11) is -3.62. The molecule has 1 aliphatic heterocycles. The van der Waals surface area contributed by atoms with Crippen LogP contribution in [0.4, 0.5) is 0 Å². The fourth-order valence-electron chi connectivity index (χ4n) is 4.07. The first-order chi connectivity index (χ1) is 13.3. The Bertz CT molecular complexity index is 847. The van der Waals surface area contributed by atoms with Gasteiger partial charge in [-0.1, -0.05) is 25.0 Å². The molecule has 0 bridgehead atoms. The van der Waals surface area contributed by atoms with Crippen LogP contribution < -0.4 is 10.0 Å². The molecule has 2 aliphatic rings. The number of carbonyl (C=O) groups excluding carboxylic acids is 2. The van der Waals surface area contributed by atoms with Crippen LogP contribution in [0.25, 0.3) is 0 Å².